The average Bonchev–Trinajstić information content (AvgIpc) is 2.52. The fourth-order valence-electron chi connectivity index (χ4n) is 2.44. The summed E-state index contributed by atoms with van der Waals surface area (Å²) in [5, 5.41) is 9.01. The predicted octanol–water partition coefficient (Wildman–Crippen LogP) is 2.36. The summed E-state index contributed by atoms with van der Waals surface area (Å²) in [6, 6.07) is 6.59. The molecule has 0 spiro atoms. The topological polar surface area (TPSA) is 49.8 Å². The highest BCUT2D eigenvalue weighted by Gasteiger charge is 2.42. The Balaban J connectivity index is 1.89. The summed E-state index contributed by atoms with van der Waals surface area (Å²) >= 11 is 0. The normalized spacial score (nSPS) is 19.1. The molecule has 1 N–H and O–H groups in total. The lowest BCUT2D eigenvalue weighted by Gasteiger charge is -2.33. The van der Waals surface area contributed by atoms with E-state index in [2.05, 4.69) is 0 Å². The van der Waals surface area contributed by atoms with Gasteiger partial charge in [-0.1, -0.05) is 12.1 Å². The molecule has 0 radical (unpaired) electrons. The summed E-state index contributed by atoms with van der Waals surface area (Å²) in [6.07, 6.45) is -3.86. The maximum Gasteiger partial charge on any atom is 0.393 e. The van der Waals surface area contributed by atoms with E-state index < -0.39 is 18.0 Å². The molecule has 4 nitrogen and oxygen atoms in total. The Labute approximate surface area is 126 Å². The lowest BCUT2D eigenvalue weighted by Crippen LogP contribution is -2.46. The first kappa shape index (κ1) is 16.6. The van der Waals surface area contributed by atoms with Crippen LogP contribution in [0.3, 0.4) is 0 Å². The number of carbonyl (C=O) groups is 1. The molecule has 1 aromatic rings. The van der Waals surface area contributed by atoms with Crippen LogP contribution < -0.4 is 4.74 Å². The molecule has 1 saturated heterocycles. The largest absolute Gasteiger partial charge is 0.484 e. The number of carbonyl (C=O) groups excluding carboxylic acids is 1. The highest BCUT2D eigenvalue weighted by Crippen LogP contribution is 2.33. The van der Waals surface area contributed by atoms with Crippen molar-refractivity contribution in [3.63, 3.8) is 0 Å². The van der Waals surface area contributed by atoms with Crippen LogP contribution in [-0.2, 0) is 11.4 Å². The molecule has 7 heteroatoms. The third-order valence-electron chi connectivity index (χ3n) is 3.68. The molecule has 1 atom stereocenters. The predicted molar refractivity (Wildman–Crippen MR) is 73.2 cm³/mol. The maximum absolute atomic E-state index is 12.7. The van der Waals surface area contributed by atoms with Gasteiger partial charge in [0.1, 0.15) is 5.75 Å². The first-order chi connectivity index (χ1) is 10.4. The van der Waals surface area contributed by atoms with Crippen molar-refractivity contribution in [1.82, 2.24) is 4.90 Å². The Morgan fingerprint density at radius 3 is 2.86 bits per heavy atom. The number of aliphatic hydroxyl groups is 1. The summed E-state index contributed by atoms with van der Waals surface area (Å²) in [4.78, 5) is 13.2. The van der Waals surface area contributed by atoms with Gasteiger partial charge in [-0.05, 0) is 30.5 Å². The third kappa shape index (κ3) is 4.37. The number of piperidine rings is 1. The van der Waals surface area contributed by atoms with E-state index in [0.29, 0.717) is 24.3 Å². The SMILES string of the molecule is O=C(COc1cccc(CO)c1)N1CCCC(C(F)(F)F)C1. The molecule has 22 heavy (non-hydrogen) atoms. The summed E-state index contributed by atoms with van der Waals surface area (Å²) < 4.78 is 43.5. The molecule has 2 rings (SSSR count). The lowest BCUT2D eigenvalue weighted by atomic mass is 9.97. The Hall–Kier alpha value is -1.76. The first-order valence-corrected chi connectivity index (χ1v) is 7.07. The number of halogens is 3. The van der Waals surface area contributed by atoms with Gasteiger partial charge in [-0.15, -0.1) is 0 Å². The van der Waals surface area contributed by atoms with Crippen LogP contribution in [0.25, 0.3) is 0 Å². The van der Waals surface area contributed by atoms with E-state index >= 15 is 0 Å². The molecular formula is C15H18F3NO3. The van der Waals surface area contributed by atoms with Crippen LogP contribution in [-0.4, -0.2) is 41.8 Å². The van der Waals surface area contributed by atoms with Crippen LogP contribution in [0.2, 0.25) is 0 Å². The van der Waals surface area contributed by atoms with Crippen LogP contribution in [0.1, 0.15) is 18.4 Å². The zero-order valence-electron chi connectivity index (χ0n) is 12.0. The first-order valence-electron chi connectivity index (χ1n) is 7.07. The number of amides is 1. The van der Waals surface area contributed by atoms with Gasteiger partial charge in [0.25, 0.3) is 5.91 Å². The highest BCUT2D eigenvalue weighted by atomic mass is 19.4. The van der Waals surface area contributed by atoms with E-state index in [1.54, 1.807) is 24.3 Å². The smallest absolute Gasteiger partial charge is 0.393 e. The minimum Gasteiger partial charge on any atom is -0.484 e. The standard InChI is InChI=1S/C15H18F3NO3/c16-15(17,18)12-4-2-6-19(8-12)14(21)10-22-13-5-1-3-11(7-13)9-20/h1,3,5,7,12,20H,2,4,6,8-10H2. The molecular weight excluding hydrogens is 299 g/mol. The van der Waals surface area contributed by atoms with Crippen molar-refractivity contribution in [3.8, 4) is 5.75 Å². The molecule has 1 amide bonds. The van der Waals surface area contributed by atoms with Crippen molar-refractivity contribution >= 4 is 5.91 Å². The van der Waals surface area contributed by atoms with Crippen LogP contribution in [0.15, 0.2) is 24.3 Å². The van der Waals surface area contributed by atoms with Gasteiger partial charge in [0.2, 0.25) is 0 Å². The number of likely N-dealkylation sites (tertiary alicyclic amines) is 1. The van der Waals surface area contributed by atoms with Crippen LogP contribution in [0.4, 0.5) is 13.2 Å². The van der Waals surface area contributed by atoms with Crippen LogP contribution in [0.5, 0.6) is 5.75 Å². The van der Waals surface area contributed by atoms with Gasteiger partial charge < -0.3 is 14.7 Å². The number of nitrogens with zero attached hydrogens (tertiary/aromatic N) is 1. The monoisotopic (exact) mass is 317 g/mol. The van der Waals surface area contributed by atoms with E-state index in [9.17, 15) is 18.0 Å². The van der Waals surface area contributed by atoms with Gasteiger partial charge in [0, 0.05) is 13.1 Å². The zero-order valence-corrected chi connectivity index (χ0v) is 12.0. The molecule has 1 unspecified atom stereocenters. The molecule has 1 fully saturated rings. The van der Waals surface area contributed by atoms with Crippen molar-refractivity contribution in [3.05, 3.63) is 29.8 Å². The second-order valence-electron chi connectivity index (χ2n) is 5.31. The number of rotatable bonds is 4. The number of hydrogen-bond acceptors (Lipinski definition) is 3. The maximum atomic E-state index is 12.7. The van der Waals surface area contributed by atoms with Gasteiger partial charge in [-0.25, -0.2) is 0 Å². The highest BCUT2D eigenvalue weighted by molar-refractivity contribution is 5.77. The van der Waals surface area contributed by atoms with E-state index in [4.69, 9.17) is 9.84 Å². The average molecular weight is 317 g/mol. The van der Waals surface area contributed by atoms with Crippen LogP contribution >= 0.6 is 0 Å². The second-order valence-corrected chi connectivity index (χ2v) is 5.31. The molecule has 1 heterocycles. The summed E-state index contributed by atoms with van der Waals surface area (Å²) in [5.41, 5.74) is 0.639. The molecule has 0 aliphatic carbocycles. The number of ether oxygens (including phenoxy) is 1. The quantitative estimate of drug-likeness (QED) is 0.927. The number of alkyl halides is 3. The summed E-state index contributed by atoms with van der Waals surface area (Å²) in [7, 11) is 0. The van der Waals surface area contributed by atoms with Gasteiger partial charge in [0.15, 0.2) is 6.61 Å². The fourth-order valence-corrected chi connectivity index (χ4v) is 2.44. The Morgan fingerprint density at radius 1 is 1.41 bits per heavy atom. The molecule has 1 aliphatic heterocycles. The van der Waals surface area contributed by atoms with Crippen molar-refractivity contribution in [2.24, 2.45) is 5.92 Å². The Morgan fingerprint density at radius 2 is 2.18 bits per heavy atom. The van der Waals surface area contributed by atoms with Gasteiger partial charge in [0.05, 0.1) is 12.5 Å². The van der Waals surface area contributed by atoms with Crippen LogP contribution in [0, 0.1) is 5.92 Å². The second kappa shape index (κ2) is 7.00. The van der Waals surface area contributed by atoms with E-state index in [1.807, 2.05) is 0 Å². The van der Waals surface area contributed by atoms with E-state index in [0.717, 1.165) is 0 Å². The van der Waals surface area contributed by atoms with E-state index in [-0.39, 0.29) is 26.2 Å². The number of benzene rings is 1. The zero-order chi connectivity index (χ0) is 16.2. The van der Waals surface area contributed by atoms with Crippen molar-refractivity contribution in [2.75, 3.05) is 19.7 Å². The van der Waals surface area contributed by atoms with E-state index in [1.165, 1.54) is 4.90 Å². The fraction of sp³-hybridized carbons (Fsp3) is 0.533. The van der Waals surface area contributed by atoms with Crippen molar-refractivity contribution < 1.29 is 27.8 Å². The Bertz CT molecular complexity index is 519. The minimum atomic E-state index is -4.27. The van der Waals surface area contributed by atoms with Gasteiger partial charge >= 0.3 is 6.18 Å². The molecule has 0 saturated carbocycles. The molecule has 0 bridgehead atoms. The number of hydrogen-bond donors (Lipinski definition) is 1. The molecule has 1 aliphatic rings. The minimum absolute atomic E-state index is 0.0622. The van der Waals surface area contributed by atoms with Gasteiger partial charge in [-0.3, -0.25) is 4.79 Å². The van der Waals surface area contributed by atoms with Gasteiger partial charge in [-0.2, -0.15) is 13.2 Å². The summed E-state index contributed by atoms with van der Waals surface area (Å²) in [5.74, 6) is -1.50. The third-order valence-corrected chi connectivity index (χ3v) is 3.68. The summed E-state index contributed by atoms with van der Waals surface area (Å²) in [6.45, 7) is -0.433. The molecule has 1 aromatic carbocycles. The lowest BCUT2D eigenvalue weighted by molar-refractivity contribution is -0.188. The molecule has 0 aromatic heterocycles. The van der Waals surface area contributed by atoms with Crippen molar-refractivity contribution in [1.29, 1.82) is 0 Å². The Kier molecular flexibility index (Phi) is 5.28. The van der Waals surface area contributed by atoms with Crippen molar-refractivity contribution in [2.45, 2.75) is 25.6 Å². The molecule has 122 valence electrons. The number of aliphatic hydroxyl groups excluding tert-OH is 1.